The molecule has 2 aromatic rings. The average Bonchev–Trinajstić information content (AvgIpc) is 2.73. The van der Waals surface area contributed by atoms with Crippen molar-refractivity contribution in [3.05, 3.63) is 63.2 Å². The van der Waals surface area contributed by atoms with Crippen LogP contribution in [0.2, 0.25) is 5.02 Å². The summed E-state index contributed by atoms with van der Waals surface area (Å²) in [7, 11) is 1.46. The molecule has 1 aliphatic rings. The molecule has 0 aromatic heterocycles. The van der Waals surface area contributed by atoms with Gasteiger partial charge in [-0.15, -0.1) is 0 Å². The van der Waals surface area contributed by atoms with E-state index in [0.717, 1.165) is 37.7 Å². The Morgan fingerprint density at radius 3 is 2.57 bits per heavy atom. The van der Waals surface area contributed by atoms with E-state index in [1.165, 1.54) is 30.9 Å². The molecule has 0 bridgehead atoms. The first-order valence-corrected chi connectivity index (χ1v) is 10.1. The lowest BCUT2D eigenvalue weighted by Gasteiger charge is -2.34. The summed E-state index contributed by atoms with van der Waals surface area (Å²) in [5.41, 5.74) is 1.41. The summed E-state index contributed by atoms with van der Waals surface area (Å²) in [6.07, 6.45) is 0.306. The van der Waals surface area contributed by atoms with E-state index in [9.17, 15) is 14.9 Å². The number of nitrogens with zero attached hydrogens (tertiary/aromatic N) is 3. The summed E-state index contributed by atoms with van der Waals surface area (Å²) >= 11 is 6.05. The monoisotopic (exact) mass is 432 g/mol. The van der Waals surface area contributed by atoms with Gasteiger partial charge in [-0.25, -0.2) is 0 Å². The molecule has 0 spiro atoms. The van der Waals surface area contributed by atoms with E-state index >= 15 is 0 Å². The lowest BCUT2D eigenvalue weighted by molar-refractivity contribution is -0.384. The van der Waals surface area contributed by atoms with Crippen molar-refractivity contribution in [1.29, 1.82) is 0 Å². The summed E-state index contributed by atoms with van der Waals surface area (Å²) in [4.78, 5) is 27.4. The van der Waals surface area contributed by atoms with Gasteiger partial charge in [-0.3, -0.25) is 19.8 Å². The number of piperazine rings is 1. The van der Waals surface area contributed by atoms with Crippen LogP contribution in [-0.2, 0) is 11.3 Å². The van der Waals surface area contributed by atoms with Crippen LogP contribution in [-0.4, -0.2) is 60.5 Å². The first-order chi connectivity index (χ1) is 14.4. The van der Waals surface area contributed by atoms with Crippen LogP contribution in [0.3, 0.4) is 0 Å². The Hall–Kier alpha value is -2.68. The molecule has 30 heavy (non-hydrogen) atoms. The maximum atomic E-state index is 12.4. The van der Waals surface area contributed by atoms with Gasteiger partial charge in [0.1, 0.15) is 5.75 Å². The Balaban J connectivity index is 1.45. The lowest BCUT2D eigenvalue weighted by Crippen LogP contribution is -2.46. The minimum atomic E-state index is -0.502. The van der Waals surface area contributed by atoms with E-state index in [-0.39, 0.29) is 11.6 Å². The minimum Gasteiger partial charge on any atom is -0.495 e. The number of nitrogens with one attached hydrogen (secondary N) is 1. The number of rotatable bonds is 8. The molecule has 1 fully saturated rings. The highest BCUT2D eigenvalue weighted by atomic mass is 35.5. The summed E-state index contributed by atoms with van der Waals surface area (Å²) in [5.74, 6) is 0.193. The van der Waals surface area contributed by atoms with Gasteiger partial charge in [0.15, 0.2) is 0 Å². The number of benzene rings is 2. The normalized spacial score (nSPS) is 15.0. The highest BCUT2D eigenvalue weighted by Crippen LogP contribution is 2.29. The number of non-ortho nitro benzene ring substituents is 1. The number of carbonyl (C=O) groups is 1. The van der Waals surface area contributed by atoms with Crippen LogP contribution >= 0.6 is 11.6 Å². The molecule has 9 heteroatoms. The number of methoxy groups -OCH3 is 1. The van der Waals surface area contributed by atoms with Crippen molar-refractivity contribution in [2.24, 2.45) is 0 Å². The molecule has 1 heterocycles. The average molecular weight is 433 g/mol. The van der Waals surface area contributed by atoms with E-state index in [1.54, 1.807) is 0 Å². The molecule has 0 aliphatic carbocycles. The second-order valence-electron chi connectivity index (χ2n) is 7.19. The second-order valence-corrected chi connectivity index (χ2v) is 7.62. The third-order valence-electron chi connectivity index (χ3n) is 5.08. The molecule has 0 unspecified atom stereocenters. The first kappa shape index (κ1) is 22.0. The molecule has 3 rings (SSSR count). The Morgan fingerprint density at radius 1 is 1.17 bits per heavy atom. The summed E-state index contributed by atoms with van der Waals surface area (Å²) in [6.45, 7) is 5.11. The van der Waals surface area contributed by atoms with E-state index < -0.39 is 4.92 Å². The van der Waals surface area contributed by atoms with Gasteiger partial charge in [-0.2, -0.15) is 0 Å². The molecule has 0 atom stereocenters. The van der Waals surface area contributed by atoms with Crippen LogP contribution in [0.4, 0.5) is 11.4 Å². The van der Waals surface area contributed by atoms with Crippen molar-refractivity contribution >= 4 is 28.9 Å². The molecule has 160 valence electrons. The number of ether oxygens (including phenoxy) is 1. The Labute approximate surface area is 180 Å². The lowest BCUT2D eigenvalue weighted by atomic mass is 10.2. The summed E-state index contributed by atoms with van der Waals surface area (Å²) < 4.78 is 5.18. The van der Waals surface area contributed by atoms with Crippen LogP contribution in [0.5, 0.6) is 5.75 Å². The molecule has 8 nitrogen and oxygen atoms in total. The van der Waals surface area contributed by atoms with Crippen LogP contribution in [0.25, 0.3) is 0 Å². The number of nitro benzene ring substituents is 1. The Bertz CT molecular complexity index is 900. The number of hydrogen-bond donors (Lipinski definition) is 1. The zero-order valence-corrected chi connectivity index (χ0v) is 17.6. The van der Waals surface area contributed by atoms with Gasteiger partial charge in [0.2, 0.25) is 5.91 Å². The fourth-order valence-corrected chi connectivity index (χ4v) is 3.66. The van der Waals surface area contributed by atoms with Crippen LogP contribution < -0.4 is 10.1 Å². The van der Waals surface area contributed by atoms with Crippen molar-refractivity contribution in [3.63, 3.8) is 0 Å². The van der Waals surface area contributed by atoms with E-state index in [4.69, 9.17) is 16.3 Å². The molecule has 1 saturated heterocycles. The molecule has 1 aliphatic heterocycles. The van der Waals surface area contributed by atoms with Gasteiger partial charge in [-0.1, -0.05) is 23.7 Å². The molecule has 1 amide bonds. The van der Waals surface area contributed by atoms with E-state index in [0.29, 0.717) is 24.4 Å². The van der Waals surface area contributed by atoms with Crippen molar-refractivity contribution in [2.45, 2.75) is 13.0 Å². The first-order valence-electron chi connectivity index (χ1n) is 9.76. The topological polar surface area (TPSA) is 87.9 Å². The Morgan fingerprint density at radius 2 is 1.90 bits per heavy atom. The van der Waals surface area contributed by atoms with Crippen molar-refractivity contribution in [1.82, 2.24) is 9.80 Å². The predicted octanol–water partition coefficient (Wildman–Crippen LogP) is 3.40. The van der Waals surface area contributed by atoms with Crippen LogP contribution in [0.1, 0.15) is 12.0 Å². The van der Waals surface area contributed by atoms with Crippen molar-refractivity contribution in [2.75, 3.05) is 45.2 Å². The van der Waals surface area contributed by atoms with E-state index in [2.05, 4.69) is 21.2 Å². The van der Waals surface area contributed by atoms with Gasteiger partial charge < -0.3 is 15.0 Å². The summed E-state index contributed by atoms with van der Waals surface area (Å²) in [6, 6.07) is 12.0. The van der Waals surface area contributed by atoms with Crippen LogP contribution in [0, 0.1) is 10.1 Å². The zero-order valence-electron chi connectivity index (χ0n) is 16.8. The maximum absolute atomic E-state index is 12.4. The quantitative estimate of drug-likeness (QED) is 0.508. The molecule has 2 aromatic carbocycles. The fraction of sp³-hybridized carbons (Fsp3) is 0.381. The van der Waals surface area contributed by atoms with Crippen molar-refractivity contribution < 1.29 is 14.5 Å². The third-order valence-corrected chi connectivity index (χ3v) is 5.32. The van der Waals surface area contributed by atoms with Gasteiger partial charge in [0, 0.05) is 62.8 Å². The van der Waals surface area contributed by atoms with Gasteiger partial charge in [0.25, 0.3) is 5.69 Å². The smallest absolute Gasteiger partial charge is 0.271 e. The molecular weight excluding hydrogens is 408 g/mol. The van der Waals surface area contributed by atoms with Gasteiger partial charge >= 0.3 is 0 Å². The number of hydrogen-bond acceptors (Lipinski definition) is 6. The summed E-state index contributed by atoms with van der Waals surface area (Å²) in [5, 5.41) is 14.4. The second kappa shape index (κ2) is 10.4. The number of nitro groups is 1. The largest absolute Gasteiger partial charge is 0.495 e. The molecule has 1 N–H and O–H groups in total. The highest BCUT2D eigenvalue weighted by Gasteiger charge is 2.19. The maximum Gasteiger partial charge on any atom is 0.271 e. The third kappa shape index (κ3) is 6.16. The zero-order chi connectivity index (χ0) is 21.5. The highest BCUT2D eigenvalue weighted by molar-refractivity contribution is 6.30. The minimum absolute atomic E-state index is 0.0954. The Kier molecular flexibility index (Phi) is 7.62. The van der Waals surface area contributed by atoms with Crippen molar-refractivity contribution in [3.8, 4) is 5.75 Å². The number of anilines is 1. The number of halogens is 1. The SMILES string of the molecule is COc1ccc([N+](=O)[O-])cc1NC(=O)CCN1CCN(Cc2cccc(Cl)c2)CC1. The van der Waals surface area contributed by atoms with E-state index in [1.807, 2.05) is 18.2 Å². The van der Waals surface area contributed by atoms with Gasteiger partial charge in [0.05, 0.1) is 17.7 Å². The number of carbonyl (C=O) groups excluding carboxylic acids is 1. The fourth-order valence-electron chi connectivity index (χ4n) is 3.44. The molecule has 0 saturated carbocycles. The predicted molar refractivity (Wildman–Crippen MR) is 116 cm³/mol. The standard InChI is InChI=1S/C21H25ClN4O4/c1-30-20-6-5-18(26(28)29)14-19(20)23-21(27)7-8-24-9-11-25(12-10-24)15-16-3-2-4-17(22)13-16/h2-6,13-14H,7-12,15H2,1H3,(H,23,27). The molecule has 0 radical (unpaired) electrons. The van der Waals surface area contributed by atoms with Gasteiger partial charge in [-0.05, 0) is 23.8 Å². The number of amides is 1. The molecular formula is C21H25ClN4O4. The van der Waals surface area contributed by atoms with Crippen LogP contribution in [0.15, 0.2) is 42.5 Å².